The van der Waals surface area contributed by atoms with E-state index in [0.29, 0.717) is 6.04 Å². The fourth-order valence-electron chi connectivity index (χ4n) is 2.14. The fraction of sp³-hybridized carbons (Fsp3) is 0.923. The highest BCUT2D eigenvalue weighted by atomic mass is 16.1. The number of nitrogens with one attached hydrogen (secondary N) is 1. The topological polar surface area (TPSA) is 58.4 Å². The van der Waals surface area contributed by atoms with E-state index in [1.54, 1.807) is 0 Å². The molecule has 1 rings (SSSR count). The van der Waals surface area contributed by atoms with Gasteiger partial charge in [-0.2, -0.15) is 0 Å². The first-order chi connectivity index (χ1) is 8.01. The van der Waals surface area contributed by atoms with E-state index in [0.717, 1.165) is 32.5 Å². The van der Waals surface area contributed by atoms with Gasteiger partial charge in [-0.15, -0.1) is 0 Å². The molecule has 1 atom stereocenters. The maximum absolute atomic E-state index is 11.5. The van der Waals surface area contributed by atoms with E-state index < -0.39 is 5.54 Å². The van der Waals surface area contributed by atoms with Crippen molar-refractivity contribution in [2.45, 2.75) is 58.0 Å². The molecule has 4 heteroatoms. The first kappa shape index (κ1) is 14.5. The number of nitrogens with zero attached hydrogens (tertiary/aromatic N) is 1. The number of nitrogens with two attached hydrogens (primary N) is 1. The summed E-state index contributed by atoms with van der Waals surface area (Å²) in [4.78, 5) is 13.9. The molecule has 0 aromatic rings. The molecule has 1 unspecified atom stereocenters. The van der Waals surface area contributed by atoms with Crippen molar-refractivity contribution in [2.75, 3.05) is 19.6 Å². The maximum Gasteiger partial charge on any atom is 0.237 e. The Bertz CT molecular complexity index is 249. The molecule has 100 valence electrons. The monoisotopic (exact) mass is 241 g/mol. The summed E-state index contributed by atoms with van der Waals surface area (Å²) in [6, 6.07) is 0.515. The number of rotatable bonds is 9. The molecule has 0 aromatic carbocycles. The van der Waals surface area contributed by atoms with Crippen LogP contribution in [0.1, 0.15) is 46.5 Å². The molecule has 1 aliphatic carbocycles. The molecule has 0 radical (unpaired) electrons. The van der Waals surface area contributed by atoms with Crippen LogP contribution in [0.25, 0.3) is 0 Å². The third-order valence-electron chi connectivity index (χ3n) is 3.69. The Labute approximate surface area is 105 Å². The first-order valence-electron chi connectivity index (χ1n) is 6.81. The molecule has 0 aromatic heterocycles. The average molecular weight is 241 g/mol. The number of carbonyl (C=O) groups excluding carboxylic acids is 1. The van der Waals surface area contributed by atoms with Crippen LogP contribution in [0.5, 0.6) is 0 Å². The van der Waals surface area contributed by atoms with Crippen molar-refractivity contribution < 1.29 is 4.79 Å². The van der Waals surface area contributed by atoms with Gasteiger partial charge < -0.3 is 16.0 Å². The van der Waals surface area contributed by atoms with Crippen LogP contribution in [0, 0.1) is 0 Å². The molecule has 0 bridgehead atoms. The van der Waals surface area contributed by atoms with E-state index in [1.165, 1.54) is 12.8 Å². The van der Waals surface area contributed by atoms with Gasteiger partial charge in [-0.05, 0) is 52.2 Å². The van der Waals surface area contributed by atoms with Gasteiger partial charge in [-0.1, -0.05) is 13.8 Å². The van der Waals surface area contributed by atoms with Crippen LogP contribution in [0.15, 0.2) is 0 Å². The number of hydrogen-bond acceptors (Lipinski definition) is 3. The van der Waals surface area contributed by atoms with Crippen LogP contribution >= 0.6 is 0 Å². The summed E-state index contributed by atoms with van der Waals surface area (Å²) in [5, 5.41) is 3.38. The van der Waals surface area contributed by atoms with Gasteiger partial charge >= 0.3 is 0 Å². The van der Waals surface area contributed by atoms with Crippen molar-refractivity contribution in [1.82, 2.24) is 10.2 Å². The summed E-state index contributed by atoms with van der Waals surface area (Å²) >= 11 is 0. The summed E-state index contributed by atoms with van der Waals surface area (Å²) in [5.74, 6) is -0.219. The lowest BCUT2D eigenvalue weighted by Gasteiger charge is -2.29. The van der Waals surface area contributed by atoms with Crippen molar-refractivity contribution >= 4 is 5.91 Å². The number of hydrogen-bond donors (Lipinski definition) is 2. The average Bonchev–Trinajstić information content (AvgIpc) is 3.08. The molecule has 0 heterocycles. The van der Waals surface area contributed by atoms with Crippen LogP contribution in [0.4, 0.5) is 0 Å². The number of primary amides is 1. The summed E-state index contributed by atoms with van der Waals surface area (Å²) in [5.41, 5.74) is 4.99. The lowest BCUT2D eigenvalue weighted by molar-refractivity contribution is -0.124. The van der Waals surface area contributed by atoms with Gasteiger partial charge in [0.2, 0.25) is 5.91 Å². The molecule has 0 spiro atoms. The SMILES string of the molecule is CCN(CC)CCCC(C)(NC1CC1)C(N)=O. The molecule has 3 N–H and O–H groups in total. The first-order valence-corrected chi connectivity index (χ1v) is 6.81. The van der Waals surface area contributed by atoms with Crippen molar-refractivity contribution in [1.29, 1.82) is 0 Å². The predicted octanol–water partition coefficient (Wildman–Crippen LogP) is 1.10. The second kappa shape index (κ2) is 6.36. The third kappa shape index (κ3) is 4.64. The fourth-order valence-corrected chi connectivity index (χ4v) is 2.14. The van der Waals surface area contributed by atoms with Gasteiger partial charge in [-0.25, -0.2) is 0 Å². The van der Waals surface area contributed by atoms with Gasteiger partial charge in [0, 0.05) is 6.04 Å². The van der Waals surface area contributed by atoms with Gasteiger partial charge in [0.1, 0.15) is 0 Å². The second-order valence-electron chi connectivity index (χ2n) is 5.25. The van der Waals surface area contributed by atoms with E-state index >= 15 is 0 Å². The Morgan fingerprint density at radius 3 is 2.41 bits per heavy atom. The zero-order valence-corrected chi connectivity index (χ0v) is 11.5. The molecular weight excluding hydrogens is 214 g/mol. The maximum atomic E-state index is 11.5. The quantitative estimate of drug-likeness (QED) is 0.635. The van der Waals surface area contributed by atoms with Gasteiger partial charge in [0.05, 0.1) is 5.54 Å². The van der Waals surface area contributed by atoms with Crippen LogP contribution in [-0.2, 0) is 4.79 Å². The Morgan fingerprint density at radius 2 is 2.00 bits per heavy atom. The molecule has 4 nitrogen and oxygen atoms in total. The minimum absolute atomic E-state index is 0.219. The minimum atomic E-state index is -0.520. The number of carbonyl (C=O) groups is 1. The Kier molecular flexibility index (Phi) is 5.40. The smallest absolute Gasteiger partial charge is 0.237 e. The third-order valence-corrected chi connectivity index (χ3v) is 3.69. The van der Waals surface area contributed by atoms with E-state index in [-0.39, 0.29) is 5.91 Å². The summed E-state index contributed by atoms with van der Waals surface area (Å²) in [6.07, 6.45) is 4.20. The van der Waals surface area contributed by atoms with E-state index in [1.807, 2.05) is 6.92 Å². The normalized spacial score (nSPS) is 19.3. The molecule has 17 heavy (non-hydrogen) atoms. The molecule has 0 saturated heterocycles. The van der Waals surface area contributed by atoms with Crippen LogP contribution in [-0.4, -0.2) is 42.0 Å². The Balaban J connectivity index is 2.35. The van der Waals surface area contributed by atoms with Crippen molar-refractivity contribution in [3.8, 4) is 0 Å². The van der Waals surface area contributed by atoms with Crippen molar-refractivity contribution in [2.24, 2.45) is 5.73 Å². The van der Waals surface area contributed by atoms with Crippen molar-refractivity contribution in [3.63, 3.8) is 0 Å². The largest absolute Gasteiger partial charge is 0.368 e. The molecule has 1 aliphatic rings. The lowest BCUT2D eigenvalue weighted by atomic mass is 9.94. The number of amides is 1. The second-order valence-corrected chi connectivity index (χ2v) is 5.25. The Hall–Kier alpha value is -0.610. The molecular formula is C13H27N3O. The highest BCUT2D eigenvalue weighted by molar-refractivity contribution is 5.84. The van der Waals surface area contributed by atoms with E-state index in [9.17, 15) is 4.79 Å². The zero-order chi connectivity index (χ0) is 12.9. The predicted molar refractivity (Wildman–Crippen MR) is 70.8 cm³/mol. The van der Waals surface area contributed by atoms with Crippen LogP contribution < -0.4 is 11.1 Å². The molecule has 1 amide bonds. The summed E-state index contributed by atoms with van der Waals surface area (Å²) in [7, 11) is 0. The van der Waals surface area contributed by atoms with Crippen LogP contribution in [0.3, 0.4) is 0 Å². The van der Waals surface area contributed by atoms with Crippen molar-refractivity contribution in [3.05, 3.63) is 0 Å². The lowest BCUT2D eigenvalue weighted by Crippen LogP contribution is -2.54. The van der Waals surface area contributed by atoms with E-state index in [4.69, 9.17) is 5.73 Å². The standard InChI is InChI=1S/C13H27N3O/c1-4-16(5-2)10-6-9-13(3,12(14)17)15-11-7-8-11/h11,15H,4-10H2,1-3H3,(H2,14,17). The zero-order valence-electron chi connectivity index (χ0n) is 11.5. The summed E-state index contributed by atoms with van der Waals surface area (Å²) < 4.78 is 0. The highest BCUT2D eigenvalue weighted by Crippen LogP contribution is 2.24. The van der Waals surface area contributed by atoms with Crippen LogP contribution in [0.2, 0.25) is 0 Å². The van der Waals surface area contributed by atoms with Gasteiger partial charge in [0.25, 0.3) is 0 Å². The van der Waals surface area contributed by atoms with E-state index in [2.05, 4.69) is 24.1 Å². The van der Waals surface area contributed by atoms with Gasteiger partial charge in [-0.3, -0.25) is 4.79 Å². The molecule has 1 fully saturated rings. The Morgan fingerprint density at radius 1 is 1.41 bits per heavy atom. The summed E-state index contributed by atoms with van der Waals surface area (Å²) in [6.45, 7) is 9.45. The van der Waals surface area contributed by atoms with Gasteiger partial charge in [0.15, 0.2) is 0 Å². The molecule has 0 aliphatic heterocycles. The highest BCUT2D eigenvalue weighted by Gasteiger charge is 2.36. The molecule has 1 saturated carbocycles. The minimum Gasteiger partial charge on any atom is -0.368 e.